The van der Waals surface area contributed by atoms with Crippen LogP contribution < -0.4 is 10.4 Å². The van der Waals surface area contributed by atoms with E-state index in [-0.39, 0.29) is 30.2 Å². The van der Waals surface area contributed by atoms with E-state index in [9.17, 15) is 14.6 Å². The third-order valence-electron chi connectivity index (χ3n) is 4.63. The van der Waals surface area contributed by atoms with Crippen LogP contribution in [0.25, 0.3) is 0 Å². The number of aryl methyl sites for hydroxylation is 1. The second-order valence-corrected chi connectivity index (χ2v) is 6.70. The van der Waals surface area contributed by atoms with Crippen molar-refractivity contribution in [2.75, 3.05) is 6.54 Å². The largest absolute Gasteiger partial charge is 0.535 e. The van der Waals surface area contributed by atoms with Crippen molar-refractivity contribution in [3.05, 3.63) is 35.2 Å². The van der Waals surface area contributed by atoms with Crippen molar-refractivity contribution in [1.82, 2.24) is 20.2 Å². The fourth-order valence-corrected chi connectivity index (χ4v) is 3.24. The summed E-state index contributed by atoms with van der Waals surface area (Å²) < 4.78 is 7.15. The Morgan fingerprint density at radius 1 is 1.44 bits per heavy atom. The quantitative estimate of drug-likeness (QED) is 0.497. The number of carbonyl (C=O) groups excluding carboxylic acids is 2. The van der Waals surface area contributed by atoms with Gasteiger partial charge >= 0.3 is 7.12 Å². The van der Waals surface area contributed by atoms with E-state index in [1.165, 1.54) is 6.92 Å². The number of rotatable bonds is 8. The summed E-state index contributed by atoms with van der Waals surface area (Å²) in [5.74, 6) is 0.293. The van der Waals surface area contributed by atoms with Gasteiger partial charge in [-0.2, -0.15) is 0 Å². The number of Topliss-reactive ketones (excluding diaryl/α,β-unsaturated/α-hetero) is 2. The maximum atomic E-state index is 12.5. The SMILES string of the molecule is CC(=O)c1cccc2c1OB(O)[C@@H](CC(=O)Cc1nnnn1CCCN)C2. The Hall–Kier alpha value is -2.59. The molecule has 3 rings (SSSR count). The highest BCUT2D eigenvalue weighted by atomic mass is 16.5. The highest BCUT2D eigenvalue weighted by molar-refractivity contribution is 6.47. The molecule has 0 fully saturated rings. The van der Waals surface area contributed by atoms with Crippen LogP contribution in [0, 0.1) is 0 Å². The maximum Gasteiger partial charge on any atom is 0.526 e. The molecule has 3 N–H and O–H groups in total. The second kappa shape index (κ2) is 8.40. The number of fused-ring (bicyclic) bond motifs is 1. The number of hydrogen-bond acceptors (Lipinski definition) is 8. The molecular weight excluding hydrogens is 349 g/mol. The molecular formula is C17H22BN5O4. The molecule has 0 radical (unpaired) electrons. The minimum absolute atomic E-state index is 0.0845. The molecule has 0 unspecified atom stereocenters. The first-order valence-electron chi connectivity index (χ1n) is 8.94. The molecule has 2 heterocycles. The fourth-order valence-electron chi connectivity index (χ4n) is 3.24. The number of carbonyl (C=O) groups is 2. The summed E-state index contributed by atoms with van der Waals surface area (Å²) in [6, 6.07) is 5.29. The van der Waals surface area contributed by atoms with Gasteiger partial charge in [0.2, 0.25) is 0 Å². The molecule has 0 spiro atoms. The van der Waals surface area contributed by atoms with Crippen molar-refractivity contribution in [3.8, 4) is 5.75 Å². The number of benzene rings is 1. The maximum absolute atomic E-state index is 12.5. The Labute approximate surface area is 157 Å². The molecule has 0 amide bonds. The molecule has 0 saturated carbocycles. The highest BCUT2D eigenvalue weighted by Crippen LogP contribution is 2.36. The molecule has 1 aromatic carbocycles. The molecule has 0 aliphatic carbocycles. The highest BCUT2D eigenvalue weighted by Gasteiger charge is 2.37. The van der Waals surface area contributed by atoms with Crippen molar-refractivity contribution in [2.24, 2.45) is 5.73 Å². The van der Waals surface area contributed by atoms with Crippen molar-refractivity contribution in [1.29, 1.82) is 0 Å². The van der Waals surface area contributed by atoms with Gasteiger partial charge in [0.05, 0.1) is 12.0 Å². The summed E-state index contributed by atoms with van der Waals surface area (Å²) in [6.07, 6.45) is 1.40. The number of tetrazole rings is 1. The van der Waals surface area contributed by atoms with Gasteiger partial charge in [0.25, 0.3) is 0 Å². The van der Waals surface area contributed by atoms with Gasteiger partial charge in [0.15, 0.2) is 11.6 Å². The van der Waals surface area contributed by atoms with E-state index < -0.39 is 7.12 Å². The number of hydrogen-bond donors (Lipinski definition) is 2. The van der Waals surface area contributed by atoms with Crippen LogP contribution in [-0.4, -0.2) is 50.5 Å². The Morgan fingerprint density at radius 2 is 2.26 bits per heavy atom. The standard InChI is InChI=1S/C17H22BN5O4/c1-11(24)15-5-2-4-12-8-13(18(26)27-17(12)15)9-14(25)10-16-20-21-22-23(16)7-3-6-19/h2,4-5,13,26H,3,6-10,19H2,1H3/t13-/m1/s1. The molecule has 27 heavy (non-hydrogen) atoms. The molecule has 0 bridgehead atoms. The summed E-state index contributed by atoms with van der Waals surface area (Å²) in [6.45, 7) is 2.53. The summed E-state index contributed by atoms with van der Waals surface area (Å²) >= 11 is 0. The Balaban J connectivity index is 1.66. The van der Waals surface area contributed by atoms with Crippen LogP contribution in [0.15, 0.2) is 18.2 Å². The van der Waals surface area contributed by atoms with Crippen LogP contribution >= 0.6 is 0 Å². The number of para-hydroxylation sites is 1. The molecule has 10 heteroatoms. The summed E-state index contributed by atoms with van der Waals surface area (Å²) in [4.78, 5) is 24.2. The lowest BCUT2D eigenvalue weighted by Gasteiger charge is -2.28. The molecule has 142 valence electrons. The van der Waals surface area contributed by atoms with E-state index in [4.69, 9.17) is 10.4 Å². The van der Waals surface area contributed by atoms with Gasteiger partial charge in [-0.15, -0.1) is 5.10 Å². The summed E-state index contributed by atoms with van der Waals surface area (Å²) in [7, 11) is -1.14. The van der Waals surface area contributed by atoms with Crippen LogP contribution in [0.1, 0.15) is 41.5 Å². The van der Waals surface area contributed by atoms with Gasteiger partial charge in [-0.3, -0.25) is 9.59 Å². The van der Waals surface area contributed by atoms with E-state index >= 15 is 0 Å². The van der Waals surface area contributed by atoms with E-state index in [2.05, 4.69) is 15.5 Å². The van der Waals surface area contributed by atoms with Crippen molar-refractivity contribution in [3.63, 3.8) is 0 Å². The summed E-state index contributed by atoms with van der Waals surface area (Å²) in [5, 5.41) is 21.7. The van der Waals surface area contributed by atoms with Crippen LogP contribution in [0.4, 0.5) is 0 Å². The predicted octanol–water partition coefficient (Wildman–Crippen LogP) is 0.212. The number of nitrogens with two attached hydrogens (primary N) is 1. The first-order valence-corrected chi connectivity index (χ1v) is 8.94. The lowest BCUT2D eigenvalue weighted by atomic mass is 9.64. The predicted molar refractivity (Wildman–Crippen MR) is 97.3 cm³/mol. The van der Waals surface area contributed by atoms with E-state index in [0.717, 1.165) is 12.0 Å². The zero-order valence-electron chi connectivity index (χ0n) is 15.2. The minimum atomic E-state index is -1.14. The van der Waals surface area contributed by atoms with Crippen molar-refractivity contribution < 1.29 is 19.3 Å². The Bertz CT molecular complexity index is 840. The first-order chi connectivity index (χ1) is 13.0. The first kappa shape index (κ1) is 19.2. The average molecular weight is 371 g/mol. The van der Waals surface area contributed by atoms with Gasteiger partial charge in [-0.25, -0.2) is 4.68 Å². The zero-order valence-corrected chi connectivity index (χ0v) is 15.2. The van der Waals surface area contributed by atoms with Gasteiger partial charge in [-0.1, -0.05) is 12.1 Å². The average Bonchev–Trinajstić information content (AvgIpc) is 3.06. The molecule has 1 aliphatic heterocycles. The van der Waals surface area contributed by atoms with Crippen molar-refractivity contribution in [2.45, 2.75) is 45.0 Å². The van der Waals surface area contributed by atoms with E-state index in [1.807, 2.05) is 6.07 Å². The third-order valence-corrected chi connectivity index (χ3v) is 4.63. The van der Waals surface area contributed by atoms with Crippen molar-refractivity contribution >= 4 is 18.7 Å². The summed E-state index contributed by atoms with van der Waals surface area (Å²) in [5.41, 5.74) is 6.75. The van der Waals surface area contributed by atoms with Gasteiger partial charge in [-0.05, 0) is 48.4 Å². The number of nitrogens with zero attached hydrogens (tertiary/aromatic N) is 4. The lowest BCUT2D eigenvalue weighted by molar-refractivity contribution is -0.118. The third kappa shape index (κ3) is 4.40. The molecule has 1 atom stereocenters. The lowest BCUT2D eigenvalue weighted by Crippen LogP contribution is -2.36. The molecule has 9 nitrogen and oxygen atoms in total. The van der Waals surface area contributed by atoms with Crippen LogP contribution in [0.5, 0.6) is 5.75 Å². The topological polar surface area (TPSA) is 133 Å². The van der Waals surface area contributed by atoms with E-state index in [0.29, 0.717) is 36.6 Å². The molecule has 0 saturated heterocycles. The van der Waals surface area contributed by atoms with Gasteiger partial charge < -0.3 is 15.4 Å². The van der Waals surface area contributed by atoms with Gasteiger partial charge in [0, 0.05) is 18.8 Å². The fraction of sp³-hybridized carbons (Fsp3) is 0.471. The Morgan fingerprint density at radius 3 is 3.00 bits per heavy atom. The van der Waals surface area contributed by atoms with Crippen LogP contribution in [0.3, 0.4) is 0 Å². The van der Waals surface area contributed by atoms with Gasteiger partial charge in [0.1, 0.15) is 11.5 Å². The van der Waals surface area contributed by atoms with Crippen LogP contribution in [-0.2, 0) is 24.2 Å². The minimum Gasteiger partial charge on any atom is -0.535 e. The Kier molecular flexibility index (Phi) is 5.97. The molecule has 1 aromatic heterocycles. The number of aromatic nitrogens is 4. The normalized spacial score (nSPS) is 16.0. The molecule has 2 aromatic rings. The smallest absolute Gasteiger partial charge is 0.526 e. The monoisotopic (exact) mass is 371 g/mol. The van der Waals surface area contributed by atoms with E-state index in [1.54, 1.807) is 16.8 Å². The molecule has 1 aliphatic rings. The van der Waals surface area contributed by atoms with Crippen LogP contribution in [0.2, 0.25) is 5.82 Å². The number of ketones is 2. The second-order valence-electron chi connectivity index (χ2n) is 6.70. The zero-order chi connectivity index (χ0) is 19.4.